The molecule has 0 unspecified atom stereocenters. The van der Waals surface area contributed by atoms with Crippen LogP contribution in [0.5, 0.6) is 11.5 Å². The van der Waals surface area contributed by atoms with Crippen molar-refractivity contribution in [3.8, 4) is 56.3 Å². The fourth-order valence-corrected chi connectivity index (χ4v) is 5.53. The third-order valence-electron chi connectivity index (χ3n) is 7.78. The van der Waals surface area contributed by atoms with E-state index >= 15 is 0 Å². The average molecular weight is 772 g/mol. The Balaban J connectivity index is 0.00000338. The molecule has 0 saturated carbocycles. The second-order valence-electron chi connectivity index (χ2n) is 10.6. The van der Waals surface area contributed by atoms with Crippen LogP contribution in [0, 0.1) is 12.1 Å². The van der Waals surface area contributed by atoms with Gasteiger partial charge in [0.15, 0.2) is 0 Å². The summed E-state index contributed by atoms with van der Waals surface area (Å²) in [5.74, 6) is 1.13. The SMILES string of the molecule is [Pt+2].[c-]1c(-c2cc(-c3ccccc3)ccn2)cc2cnccc2c1Oc1[c-]c(-c2cc(-c3ccccc3)ccn2)cc2cnccc12. The minimum atomic E-state index is 0. The summed E-state index contributed by atoms with van der Waals surface area (Å²) in [5.41, 5.74) is 7.60. The van der Waals surface area contributed by atoms with Gasteiger partial charge in [0.05, 0.1) is 11.5 Å². The molecule has 46 heavy (non-hydrogen) atoms. The molecule has 8 aromatic rings. The number of hydrogen-bond acceptors (Lipinski definition) is 5. The summed E-state index contributed by atoms with van der Waals surface area (Å²) >= 11 is 0. The van der Waals surface area contributed by atoms with E-state index in [1.807, 2.05) is 97.6 Å². The normalized spacial score (nSPS) is 10.9. The van der Waals surface area contributed by atoms with Crippen molar-refractivity contribution in [1.82, 2.24) is 19.9 Å². The summed E-state index contributed by atoms with van der Waals surface area (Å²) < 4.78 is 6.74. The molecule has 6 heteroatoms. The third-order valence-corrected chi connectivity index (χ3v) is 7.78. The molecule has 4 aromatic heterocycles. The Labute approximate surface area is 280 Å². The minimum Gasteiger partial charge on any atom is -0.495 e. The summed E-state index contributed by atoms with van der Waals surface area (Å²) in [5, 5.41) is 3.62. The summed E-state index contributed by atoms with van der Waals surface area (Å²) in [7, 11) is 0. The Morgan fingerprint density at radius 3 is 1.37 bits per heavy atom. The van der Waals surface area contributed by atoms with Crippen LogP contribution in [0.25, 0.3) is 66.3 Å². The molecular weight excluding hydrogens is 748 g/mol. The summed E-state index contributed by atoms with van der Waals surface area (Å²) in [6, 6.07) is 43.7. The van der Waals surface area contributed by atoms with Crippen molar-refractivity contribution in [2.45, 2.75) is 0 Å². The number of pyridine rings is 4. The average Bonchev–Trinajstić information content (AvgIpc) is 3.12. The van der Waals surface area contributed by atoms with Crippen LogP contribution in [-0.2, 0) is 21.1 Å². The van der Waals surface area contributed by atoms with E-state index in [0.717, 1.165) is 66.3 Å². The molecule has 0 radical (unpaired) electrons. The van der Waals surface area contributed by atoms with E-state index in [1.165, 1.54) is 0 Å². The summed E-state index contributed by atoms with van der Waals surface area (Å²) in [6.07, 6.45) is 10.8. The van der Waals surface area contributed by atoms with Gasteiger partial charge in [-0.3, -0.25) is 9.97 Å². The Morgan fingerprint density at radius 2 is 0.913 bits per heavy atom. The first kappa shape index (κ1) is 29.2. The molecule has 0 atom stereocenters. The van der Waals surface area contributed by atoms with Gasteiger partial charge in [-0.15, -0.1) is 23.3 Å². The molecule has 0 aliphatic carbocycles. The zero-order chi connectivity index (χ0) is 30.0. The zero-order valence-corrected chi connectivity index (χ0v) is 26.6. The first-order chi connectivity index (χ1) is 22.3. The first-order valence-electron chi connectivity index (χ1n) is 14.6. The van der Waals surface area contributed by atoms with Gasteiger partial charge in [-0.25, -0.2) is 0 Å². The standard InChI is InChI=1S/C40H24N4O.Pt/c1-3-7-27(8-4-1)29-11-17-43-37(21-29)31-19-33-25-41-15-13-35(33)39(23-31)45-40-24-32(20-34-26-42-16-14-36(34)40)38-22-30(12-18-44-38)28-9-5-2-6-10-28;/h1-22,25-26H;/q-2;+2. The number of fused-ring (bicyclic) bond motifs is 2. The molecule has 220 valence electrons. The largest absolute Gasteiger partial charge is 2.00 e. The van der Waals surface area contributed by atoms with Crippen LogP contribution in [0.1, 0.15) is 0 Å². The van der Waals surface area contributed by atoms with Gasteiger partial charge in [0, 0.05) is 37.2 Å². The monoisotopic (exact) mass is 771 g/mol. The maximum Gasteiger partial charge on any atom is 2.00 e. The van der Waals surface area contributed by atoms with E-state index in [4.69, 9.17) is 14.7 Å². The van der Waals surface area contributed by atoms with Crippen LogP contribution in [0.3, 0.4) is 0 Å². The summed E-state index contributed by atoms with van der Waals surface area (Å²) in [4.78, 5) is 18.2. The molecule has 0 saturated heterocycles. The fourth-order valence-electron chi connectivity index (χ4n) is 5.53. The number of nitrogens with zero attached hydrogens (tertiary/aromatic N) is 4. The molecule has 4 aromatic carbocycles. The van der Waals surface area contributed by atoms with Crippen LogP contribution in [-0.4, -0.2) is 19.9 Å². The van der Waals surface area contributed by atoms with Crippen LogP contribution in [0.15, 0.2) is 146 Å². The predicted octanol–water partition coefficient (Wildman–Crippen LogP) is 9.63. The molecule has 5 nitrogen and oxygen atoms in total. The van der Waals surface area contributed by atoms with E-state index in [9.17, 15) is 0 Å². The van der Waals surface area contributed by atoms with Crippen molar-refractivity contribution >= 4 is 21.5 Å². The van der Waals surface area contributed by atoms with Gasteiger partial charge < -0.3 is 14.7 Å². The Morgan fingerprint density at radius 1 is 0.457 bits per heavy atom. The second kappa shape index (κ2) is 12.8. The van der Waals surface area contributed by atoms with Crippen molar-refractivity contribution in [2.75, 3.05) is 0 Å². The molecule has 0 amide bonds. The maximum atomic E-state index is 6.74. The van der Waals surface area contributed by atoms with Crippen molar-refractivity contribution in [3.63, 3.8) is 0 Å². The van der Waals surface area contributed by atoms with E-state index in [-0.39, 0.29) is 21.1 Å². The maximum absolute atomic E-state index is 6.74. The van der Waals surface area contributed by atoms with Crippen molar-refractivity contribution < 1.29 is 25.8 Å². The van der Waals surface area contributed by atoms with Crippen LogP contribution in [0.2, 0.25) is 0 Å². The van der Waals surface area contributed by atoms with Gasteiger partial charge in [-0.2, -0.15) is 0 Å². The van der Waals surface area contributed by atoms with Crippen LogP contribution < -0.4 is 4.74 Å². The van der Waals surface area contributed by atoms with Gasteiger partial charge >= 0.3 is 21.1 Å². The van der Waals surface area contributed by atoms with Gasteiger partial charge in [0.25, 0.3) is 0 Å². The minimum absolute atomic E-state index is 0. The second-order valence-corrected chi connectivity index (χ2v) is 10.6. The van der Waals surface area contributed by atoms with E-state index < -0.39 is 0 Å². The third kappa shape index (κ3) is 5.81. The molecule has 0 bridgehead atoms. The van der Waals surface area contributed by atoms with Gasteiger partial charge in [-0.1, -0.05) is 119 Å². The number of benzene rings is 4. The number of rotatable bonds is 6. The molecule has 0 aliphatic heterocycles. The van der Waals surface area contributed by atoms with E-state index in [0.29, 0.717) is 11.5 Å². The quantitative estimate of drug-likeness (QED) is 0.158. The number of aromatic nitrogens is 4. The number of hydrogen-bond donors (Lipinski definition) is 0. The number of ether oxygens (including phenoxy) is 1. The molecule has 0 aliphatic rings. The predicted molar refractivity (Wildman–Crippen MR) is 179 cm³/mol. The molecule has 0 spiro atoms. The molecule has 0 fully saturated rings. The Hall–Kier alpha value is -5.51. The van der Waals surface area contributed by atoms with E-state index in [1.54, 1.807) is 12.4 Å². The molecule has 4 heterocycles. The molecular formula is C40H24N4OPt. The van der Waals surface area contributed by atoms with Crippen LogP contribution >= 0.6 is 0 Å². The van der Waals surface area contributed by atoms with Crippen molar-refractivity contribution in [3.05, 3.63) is 159 Å². The topological polar surface area (TPSA) is 60.8 Å². The van der Waals surface area contributed by atoms with Gasteiger partial charge in [-0.05, 0) is 45.8 Å². The Bertz CT molecular complexity index is 2150. The van der Waals surface area contributed by atoms with Gasteiger partial charge in [0.2, 0.25) is 0 Å². The first-order valence-corrected chi connectivity index (χ1v) is 14.6. The fraction of sp³-hybridized carbons (Fsp3) is 0. The van der Waals surface area contributed by atoms with Crippen molar-refractivity contribution in [1.29, 1.82) is 0 Å². The zero-order valence-electron chi connectivity index (χ0n) is 24.4. The molecule has 8 rings (SSSR count). The Kier molecular flexibility index (Phi) is 8.16. The van der Waals surface area contributed by atoms with Gasteiger partial charge in [0.1, 0.15) is 0 Å². The summed E-state index contributed by atoms with van der Waals surface area (Å²) in [6.45, 7) is 0. The van der Waals surface area contributed by atoms with Crippen LogP contribution in [0.4, 0.5) is 0 Å². The van der Waals surface area contributed by atoms with E-state index in [2.05, 4.69) is 58.5 Å². The van der Waals surface area contributed by atoms with Crippen molar-refractivity contribution in [2.24, 2.45) is 0 Å². The molecule has 0 N–H and O–H groups in total. The smallest absolute Gasteiger partial charge is 0.495 e.